The largest absolute Gasteiger partial charge is 0.354 e. The Kier molecular flexibility index (Phi) is 5.19. The highest BCUT2D eigenvalue weighted by Crippen LogP contribution is 2.22. The van der Waals surface area contributed by atoms with Crippen LogP contribution in [0.25, 0.3) is 0 Å². The maximum Gasteiger partial charge on any atom is 0.172 e. The molecule has 0 aliphatic heterocycles. The van der Waals surface area contributed by atoms with E-state index < -0.39 is 0 Å². The van der Waals surface area contributed by atoms with Gasteiger partial charge in [0, 0.05) is 30.1 Å². The molecule has 0 amide bonds. The number of carbonyl (C=O) groups excluding carboxylic acids is 2. The number of hydrogen-bond acceptors (Lipinski definition) is 2. The Morgan fingerprint density at radius 2 is 1.57 bits per heavy atom. The lowest BCUT2D eigenvalue weighted by molar-refractivity contribution is 0.0894. The number of Topliss-reactive ketones (excluding diaryl/α,β-unsaturated/α-hetero) is 2. The van der Waals surface area contributed by atoms with Crippen LogP contribution in [0, 0.1) is 0 Å². The molecular formula is C20H25NO2. The van der Waals surface area contributed by atoms with Gasteiger partial charge in [-0.2, -0.15) is 0 Å². The van der Waals surface area contributed by atoms with E-state index in [1.54, 1.807) is 6.07 Å². The van der Waals surface area contributed by atoms with Crippen LogP contribution in [0.1, 0.15) is 66.8 Å². The predicted octanol–water partition coefficient (Wildman–Crippen LogP) is 4.65. The van der Waals surface area contributed by atoms with Crippen molar-refractivity contribution in [2.75, 3.05) is 0 Å². The van der Waals surface area contributed by atoms with Gasteiger partial charge in [-0.25, -0.2) is 0 Å². The molecule has 23 heavy (non-hydrogen) atoms. The molecule has 0 saturated carbocycles. The second-order valence-electron chi connectivity index (χ2n) is 6.99. The average molecular weight is 311 g/mol. The number of benzene rings is 1. The first-order chi connectivity index (χ1) is 10.8. The molecule has 0 aliphatic carbocycles. The van der Waals surface area contributed by atoms with E-state index in [1.165, 1.54) is 5.56 Å². The van der Waals surface area contributed by atoms with Gasteiger partial charge in [0.25, 0.3) is 0 Å². The minimum atomic E-state index is -0.126. The van der Waals surface area contributed by atoms with Crippen LogP contribution in [0.5, 0.6) is 0 Å². The van der Waals surface area contributed by atoms with Crippen LogP contribution in [-0.2, 0) is 12.0 Å². The summed E-state index contributed by atoms with van der Waals surface area (Å²) in [5.74, 6) is -0.247. The van der Waals surface area contributed by atoms with Crippen molar-refractivity contribution in [2.45, 2.75) is 52.5 Å². The Hall–Kier alpha value is -2.16. The fourth-order valence-electron chi connectivity index (χ4n) is 2.51. The Bertz CT molecular complexity index is 687. The zero-order valence-corrected chi connectivity index (χ0v) is 14.4. The van der Waals surface area contributed by atoms with Gasteiger partial charge in [0.05, 0.1) is 6.42 Å². The molecule has 2 rings (SSSR count). The second-order valence-corrected chi connectivity index (χ2v) is 6.99. The molecule has 1 heterocycles. The smallest absolute Gasteiger partial charge is 0.172 e. The standard InChI is InChI=1S/C20H25NO2/c1-5-11-21-12-10-16(14-21)19(23)13-18(22)15-6-8-17(9-7-15)20(2,3)4/h6-10,12,14H,5,11,13H2,1-4H3. The first kappa shape index (κ1) is 17.2. The SMILES string of the molecule is CCCn1ccc(C(=O)CC(=O)c2ccc(C(C)(C)C)cc2)c1. The lowest BCUT2D eigenvalue weighted by Crippen LogP contribution is -2.12. The Morgan fingerprint density at radius 1 is 0.957 bits per heavy atom. The van der Waals surface area contributed by atoms with Crippen molar-refractivity contribution >= 4 is 11.6 Å². The summed E-state index contributed by atoms with van der Waals surface area (Å²) in [7, 11) is 0. The molecule has 3 heteroatoms. The third kappa shape index (κ3) is 4.41. The maximum absolute atomic E-state index is 12.3. The molecular weight excluding hydrogens is 286 g/mol. The van der Waals surface area contributed by atoms with Crippen molar-refractivity contribution in [2.24, 2.45) is 0 Å². The van der Waals surface area contributed by atoms with Gasteiger partial charge in [0.2, 0.25) is 0 Å². The van der Waals surface area contributed by atoms with E-state index >= 15 is 0 Å². The van der Waals surface area contributed by atoms with Crippen LogP contribution >= 0.6 is 0 Å². The van der Waals surface area contributed by atoms with E-state index in [0.29, 0.717) is 11.1 Å². The molecule has 0 fully saturated rings. The number of ketones is 2. The summed E-state index contributed by atoms with van der Waals surface area (Å²) < 4.78 is 1.98. The summed E-state index contributed by atoms with van der Waals surface area (Å²) in [6.45, 7) is 9.37. The van der Waals surface area contributed by atoms with Gasteiger partial charge in [0.15, 0.2) is 11.6 Å². The van der Waals surface area contributed by atoms with Crippen LogP contribution in [0.3, 0.4) is 0 Å². The van der Waals surface area contributed by atoms with Crippen molar-refractivity contribution in [3.05, 3.63) is 59.4 Å². The summed E-state index contributed by atoms with van der Waals surface area (Å²) in [6, 6.07) is 9.36. The van der Waals surface area contributed by atoms with E-state index in [-0.39, 0.29) is 23.4 Å². The highest BCUT2D eigenvalue weighted by Gasteiger charge is 2.17. The summed E-state index contributed by atoms with van der Waals surface area (Å²) in [5, 5.41) is 0. The molecule has 0 saturated heterocycles. The number of aryl methyl sites for hydroxylation is 1. The fourth-order valence-corrected chi connectivity index (χ4v) is 2.51. The van der Waals surface area contributed by atoms with Gasteiger partial charge in [-0.05, 0) is 23.5 Å². The maximum atomic E-state index is 12.3. The van der Waals surface area contributed by atoms with Crippen LogP contribution in [0.15, 0.2) is 42.7 Å². The van der Waals surface area contributed by atoms with Gasteiger partial charge in [0.1, 0.15) is 0 Å². The lowest BCUT2D eigenvalue weighted by Gasteiger charge is -2.18. The molecule has 1 aromatic carbocycles. The summed E-state index contributed by atoms with van der Waals surface area (Å²) in [5.41, 5.74) is 2.44. The minimum Gasteiger partial charge on any atom is -0.354 e. The molecule has 0 atom stereocenters. The molecule has 0 unspecified atom stereocenters. The molecule has 1 aromatic heterocycles. The first-order valence-electron chi connectivity index (χ1n) is 8.14. The zero-order chi connectivity index (χ0) is 17.0. The van der Waals surface area contributed by atoms with Gasteiger partial charge >= 0.3 is 0 Å². The van der Waals surface area contributed by atoms with E-state index in [4.69, 9.17) is 0 Å². The van der Waals surface area contributed by atoms with Crippen molar-refractivity contribution in [1.82, 2.24) is 4.57 Å². The van der Waals surface area contributed by atoms with Gasteiger partial charge < -0.3 is 4.57 Å². The summed E-state index contributed by atoms with van der Waals surface area (Å²) in [4.78, 5) is 24.5. The van der Waals surface area contributed by atoms with Crippen molar-refractivity contribution in [1.29, 1.82) is 0 Å². The Morgan fingerprint density at radius 3 is 2.13 bits per heavy atom. The van der Waals surface area contributed by atoms with Crippen LogP contribution in [0.4, 0.5) is 0 Å². The van der Waals surface area contributed by atoms with Gasteiger partial charge in [-0.15, -0.1) is 0 Å². The van der Waals surface area contributed by atoms with E-state index in [0.717, 1.165) is 13.0 Å². The average Bonchev–Trinajstić information content (AvgIpc) is 2.95. The van der Waals surface area contributed by atoms with Crippen LogP contribution < -0.4 is 0 Å². The normalized spacial score (nSPS) is 11.5. The topological polar surface area (TPSA) is 39.1 Å². The summed E-state index contributed by atoms with van der Waals surface area (Å²) >= 11 is 0. The number of rotatable bonds is 6. The molecule has 3 nitrogen and oxygen atoms in total. The number of nitrogens with zero attached hydrogens (tertiary/aromatic N) is 1. The van der Waals surface area contributed by atoms with Gasteiger partial charge in [-0.3, -0.25) is 9.59 Å². The van der Waals surface area contributed by atoms with E-state index in [1.807, 2.05) is 41.2 Å². The van der Waals surface area contributed by atoms with Crippen molar-refractivity contribution in [3.63, 3.8) is 0 Å². The monoisotopic (exact) mass is 311 g/mol. The molecule has 0 N–H and O–H groups in total. The quantitative estimate of drug-likeness (QED) is 0.575. The van der Waals surface area contributed by atoms with Crippen molar-refractivity contribution < 1.29 is 9.59 Å². The third-order valence-corrected chi connectivity index (χ3v) is 3.95. The van der Waals surface area contributed by atoms with Crippen LogP contribution in [-0.4, -0.2) is 16.1 Å². The van der Waals surface area contributed by atoms with E-state index in [2.05, 4.69) is 27.7 Å². The lowest BCUT2D eigenvalue weighted by atomic mass is 9.86. The second kappa shape index (κ2) is 6.95. The fraction of sp³-hybridized carbons (Fsp3) is 0.400. The molecule has 0 radical (unpaired) electrons. The van der Waals surface area contributed by atoms with Gasteiger partial charge in [-0.1, -0.05) is 52.0 Å². The highest BCUT2D eigenvalue weighted by atomic mass is 16.1. The number of aromatic nitrogens is 1. The Balaban J connectivity index is 2.04. The minimum absolute atomic E-state index is 0.0551. The van der Waals surface area contributed by atoms with E-state index in [9.17, 15) is 9.59 Å². The number of hydrogen-bond donors (Lipinski definition) is 0. The van der Waals surface area contributed by atoms with Crippen LogP contribution in [0.2, 0.25) is 0 Å². The summed E-state index contributed by atoms with van der Waals surface area (Å²) in [6.07, 6.45) is 4.65. The molecule has 122 valence electrons. The molecule has 0 spiro atoms. The molecule has 2 aromatic rings. The zero-order valence-electron chi connectivity index (χ0n) is 14.4. The third-order valence-electron chi connectivity index (χ3n) is 3.95. The van der Waals surface area contributed by atoms with Crippen molar-refractivity contribution in [3.8, 4) is 0 Å². The first-order valence-corrected chi connectivity index (χ1v) is 8.14. The predicted molar refractivity (Wildman–Crippen MR) is 93.1 cm³/mol. The molecule has 0 bridgehead atoms. The molecule has 0 aliphatic rings. The number of carbonyl (C=O) groups is 2. The highest BCUT2D eigenvalue weighted by molar-refractivity contribution is 6.13. The Labute approximate surface area is 138 Å².